The quantitative estimate of drug-likeness (QED) is 0.394. The van der Waals surface area contributed by atoms with Crippen LogP contribution < -0.4 is 10.1 Å². The third-order valence-corrected chi connectivity index (χ3v) is 4.74. The number of hydrogen-bond donors (Lipinski definition) is 1. The van der Waals surface area contributed by atoms with E-state index in [4.69, 9.17) is 20.8 Å². The summed E-state index contributed by atoms with van der Waals surface area (Å²) in [7, 11) is 0. The van der Waals surface area contributed by atoms with E-state index in [2.05, 4.69) is 15.5 Å². The Bertz CT molecular complexity index is 1180. The fraction of sp³-hybridized carbons (Fsp3) is 0.0870. The summed E-state index contributed by atoms with van der Waals surface area (Å²) in [5, 5.41) is 11.4. The smallest absolute Gasteiger partial charge is 0.320 e. The normalized spacial score (nSPS) is 10.6. The van der Waals surface area contributed by atoms with Crippen LogP contribution in [0.1, 0.15) is 27.4 Å². The van der Waals surface area contributed by atoms with Gasteiger partial charge in [-0.25, -0.2) is 0 Å². The Labute approximate surface area is 178 Å². The van der Waals surface area contributed by atoms with Crippen molar-refractivity contribution in [2.45, 2.75) is 13.5 Å². The molecule has 0 saturated carbocycles. The number of aromatic nitrogens is 2. The third kappa shape index (κ3) is 4.50. The number of rotatable bonds is 7. The molecule has 3 aromatic carbocycles. The van der Waals surface area contributed by atoms with E-state index in [0.29, 0.717) is 33.5 Å². The predicted octanol–water partition coefficient (Wildman–Crippen LogP) is 5.59. The molecule has 4 rings (SSSR count). The van der Waals surface area contributed by atoms with Crippen LogP contribution in [0.5, 0.6) is 5.75 Å². The van der Waals surface area contributed by atoms with Crippen LogP contribution >= 0.6 is 11.6 Å². The molecule has 0 saturated heterocycles. The largest absolute Gasteiger partial charge is 0.484 e. The van der Waals surface area contributed by atoms with Crippen LogP contribution in [-0.4, -0.2) is 16.0 Å². The molecule has 1 N–H and O–H groups in total. The molecule has 0 aliphatic carbocycles. The first-order valence-corrected chi connectivity index (χ1v) is 9.65. The Hall–Kier alpha value is -3.64. The zero-order valence-corrected chi connectivity index (χ0v) is 16.9. The molecular formula is C23H18ClN3O3. The van der Waals surface area contributed by atoms with Crippen molar-refractivity contribution in [3.63, 3.8) is 0 Å². The highest BCUT2D eigenvalue weighted by Crippen LogP contribution is 2.25. The average Bonchev–Trinajstić information content (AvgIpc) is 3.22. The van der Waals surface area contributed by atoms with Gasteiger partial charge in [0.2, 0.25) is 0 Å². The standard InChI is InChI=1S/C23H18ClN3O3/c1-15-13-17(22(28)16-7-3-2-4-8-16)11-12-20(15)29-14-21-26-27-23(30-21)25-19-10-6-5-9-18(19)24/h2-13H,14H2,1H3,(H,25,27). The van der Waals surface area contributed by atoms with Crippen LogP contribution in [0.3, 0.4) is 0 Å². The highest BCUT2D eigenvalue weighted by Gasteiger charge is 2.12. The van der Waals surface area contributed by atoms with Crippen molar-refractivity contribution in [2.24, 2.45) is 0 Å². The Morgan fingerprint density at radius 2 is 1.77 bits per heavy atom. The van der Waals surface area contributed by atoms with Gasteiger partial charge in [-0.2, -0.15) is 0 Å². The molecule has 150 valence electrons. The molecule has 0 aliphatic heterocycles. The van der Waals surface area contributed by atoms with Crippen molar-refractivity contribution in [1.29, 1.82) is 0 Å². The number of para-hydroxylation sites is 1. The molecule has 0 bridgehead atoms. The highest BCUT2D eigenvalue weighted by molar-refractivity contribution is 6.33. The van der Waals surface area contributed by atoms with Gasteiger partial charge in [0.15, 0.2) is 12.4 Å². The maximum absolute atomic E-state index is 12.6. The highest BCUT2D eigenvalue weighted by atomic mass is 35.5. The van der Waals surface area contributed by atoms with Gasteiger partial charge in [-0.1, -0.05) is 59.2 Å². The van der Waals surface area contributed by atoms with E-state index >= 15 is 0 Å². The molecule has 6 nitrogen and oxygen atoms in total. The van der Waals surface area contributed by atoms with Crippen molar-refractivity contribution >= 4 is 29.1 Å². The molecule has 1 aromatic heterocycles. The number of hydrogen-bond acceptors (Lipinski definition) is 6. The van der Waals surface area contributed by atoms with Crippen molar-refractivity contribution < 1.29 is 13.9 Å². The van der Waals surface area contributed by atoms with Gasteiger partial charge in [-0.05, 0) is 42.8 Å². The van der Waals surface area contributed by atoms with Gasteiger partial charge >= 0.3 is 6.01 Å². The summed E-state index contributed by atoms with van der Waals surface area (Å²) in [6, 6.07) is 22.0. The van der Waals surface area contributed by atoms with E-state index in [1.807, 2.05) is 49.4 Å². The number of anilines is 2. The number of ketones is 1. The lowest BCUT2D eigenvalue weighted by Gasteiger charge is -2.09. The summed E-state index contributed by atoms with van der Waals surface area (Å²) in [6.45, 7) is 1.99. The van der Waals surface area contributed by atoms with Crippen molar-refractivity contribution in [3.8, 4) is 5.75 Å². The number of aryl methyl sites for hydroxylation is 1. The van der Waals surface area contributed by atoms with E-state index in [1.165, 1.54) is 0 Å². The number of carbonyl (C=O) groups is 1. The van der Waals surface area contributed by atoms with Gasteiger partial charge in [0, 0.05) is 11.1 Å². The lowest BCUT2D eigenvalue weighted by molar-refractivity contribution is 0.103. The maximum Gasteiger partial charge on any atom is 0.320 e. The van der Waals surface area contributed by atoms with Crippen LogP contribution in [-0.2, 0) is 6.61 Å². The van der Waals surface area contributed by atoms with Gasteiger partial charge < -0.3 is 14.5 Å². The summed E-state index contributed by atoms with van der Waals surface area (Å²) < 4.78 is 11.3. The van der Waals surface area contributed by atoms with Crippen molar-refractivity contribution in [3.05, 3.63) is 100 Å². The fourth-order valence-corrected chi connectivity index (χ4v) is 3.07. The van der Waals surface area contributed by atoms with Gasteiger partial charge in [0.25, 0.3) is 5.89 Å². The molecule has 0 fully saturated rings. The fourth-order valence-electron chi connectivity index (χ4n) is 2.89. The Morgan fingerprint density at radius 3 is 2.53 bits per heavy atom. The lowest BCUT2D eigenvalue weighted by Crippen LogP contribution is -2.03. The van der Waals surface area contributed by atoms with Gasteiger partial charge in [-0.3, -0.25) is 4.79 Å². The van der Waals surface area contributed by atoms with E-state index in [1.54, 1.807) is 30.3 Å². The Kier molecular flexibility index (Phi) is 5.77. The molecule has 0 amide bonds. The van der Waals surface area contributed by atoms with Crippen molar-refractivity contribution in [1.82, 2.24) is 10.2 Å². The summed E-state index contributed by atoms with van der Waals surface area (Å²) >= 11 is 6.11. The van der Waals surface area contributed by atoms with Crippen molar-refractivity contribution in [2.75, 3.05) is 5.32 Å². The average molecular weight is 420 g/mol. The number of halogens is 1. The molecular weight excluding hydrogens is 402 g/mol. The Balaban J connectivity index is 1.40. The molecule has 30 heavy (non-hydrogen) atoms. The Morgan fingerprint density at radius 1 is 1.00 bits per heavy atom. The third-order valence-electron chi connectivity index (χ3n) is 4.41. The van der Waals surface area contributed by atoms with Gasteiger partial charge in [-0.15, -0.1) is 5.10 Å². The number of ether oxygens (including phenoxy) is 1. The number of benzene rings is 3. The second-order valence-corrected chi connectivity index (χ2v) is 6.98. The lowest BCUT2D eigenvalue weighted by atomic mass is 10.0. The second kappa shape index (κ2) is 8.80. The molecule has 0 unspecified atom stereocenters. The second-order valence-electron chi connectivity index (χ2n) is 6.57. The predicted molar refractivity (Wildman–Crippen MR) is 114 cm³/mol. The molecule has 7 heteroatoms. The number of carbonyl (C=O) groups excluding carboxylic acids is 1. The van der Waals surface area contributed by atoms with E-state index in [0.717, 1.165) is 5.56 Å². The first kappa shape index (κ1) is 19.7. The van der Waals surface area contributed by atoms with Crippen LogP contribution in [0.25, 0.3) is 0 Å². The van der Waals surface area contributed by atoms with E-state index < -0.39 is 0 Å². The van der Waals surface area contributed by atoms with Gasteiger partial charge in [0.05, 0.1) is 10.7 Å². The first-order valence-electron chi connectivity index (χ1n) is 9.27. The zero-order chi connectivity index (χ0) is 20.9. The molecule has 0 spiro atoms. The van der Waals surface area contributed by atoms with Gasteiger partial charge in [0.1, 0.15) is 5.75 Å². The monoisotopic (exact) mass is 419 g/mol. The van der Waals surface area contributed by atoms with E-state index in [9.17, 15) is 4.79 Å². The summed E-state index contributed by atoms with van der Waals surface area (Å²) in [5.41, 5.74) is 2.76. The topological polar surface area (TPSA) is 77.2 Å². The minimum Gasteiger partial charge on any atom is -0.484 e. The summed E-state index contributed by atoms with van der Waals surface area (Å²) in [4.78, 5) is 12.6. The van der Waals surface area contributed by atoms with E-state index in [-0.39, 0.29) is 18.4 Å². The van der Waals surface area contributed by atoms with Crippen LogP contribution in [0.4, 0.5) is 11.7 Å². The molecule has 4 aromatic rings. The van der Waals surface area contributed by atoms with Crippen LogP contribution in [0.2, 0.25) is 5.02 Å². The molecule has 0 aliphatic rings. The maximum atomic E-state index is 12.6. The zero-order valence-electron chi connectivity index (χ0n) is 16.1. The van der Waals surface area contributed by atoms with Crippen LogP contribution in [0.15, 0.2) is 77.2 Å². The summed E-state index contributed by atoms with van der Waals surface area (Å²) in [6.07, 6.45) is 0. The molecule has 1 heterocycles. The summed E-state index contributed by atoms with van der Waals surface area (Å²) in [5.74, 6) is 0.921. The molecule has 0 atom stereocenters. The first-order chi connectivity index (χ1) is 14.6. The number of nitrogens with one attached hydrogen (secondary N) is 1. The minimum absolute atomic E-state index is 0.0301. The SMILES string of the molecule is Cc1cc(C(=O)c2ccccc2)ccc1OCc1nnc(Nc2ccccc2Cl)o1. The minimum atomic E-state index is -0.0301. The number of nitrogens with zero attached hydrogens (tertiary/aromatic N) is 2. The van der Waals surface area contributed by atoms with Crippen LogP contribution in [0, 0.1) is 6.92 Å². The molecule has 0 radical (unpaired) electrons.